The van der Waals surface area contributed by atoms with Crippen molar-refractivity contribution in [3.05, 3.63) is 29.3 Å². The summed E-state index contributed by atoms with van der Waals surface area (Å²) in [7, 11) is 0. The zero-order chi connectivity index (χ0) is 14.8. The Morgan fingerprint density at radius 2 is 1.95 bits per heavy atom. The first-order chi connectivity index (χ1) is 10.1. The lowest BCUT2D eigenvalue weighted by Crippen LogP contribution is -2.40. The number of nitrogens with two attached hydrogens (primary N) is 2. The maximum atomic E-state index is 12.6. The van der Waals surface area contributed by atoms with E-state index in [1.54, 1.807) is 0 Å². The van der Waals surface area contributed by atoms with E-state index in [1.807, 2.05) is 18.2 Å². The maximum absolute atomic E-state index is 12.6. The third kappa shape index (κ3) is 3.27. The highest BCUT2D eigenvalue weighted by atomic mass is 16.1. The van der Waals surface area contributed by atoms with E-state index in [-0.39, 0.29) is 5.92 Å². The number of carbonyl (C=O) groups is 1. The number of nitrogens with zero attached hydrogens (tertiary/aromatic N) is 1. The molecule has 1 aliphatic heterocycles. The van der Waals surface area contributed by atoms with Crippen molar-refractivity contribution in [2.45, 2.75) is 38.1 Å². The Labute approximate surface area is 126 Å². The number of piperidine rings is 1. The molecule has 2 aliphatic rings. The lowest BCUT2D eigenvalue weighted by molar-refractivity contribution is 0.0877. The average molecular weight is 287 g/mol. The summed E-state index contributed by atoms with van der Waals surface area (Å²) in [5.74, 6) is 0.488. The number of rotatable bonds is 3. The fourth-order valence-electron chi connectivity index (χ4n) is 3.53. The van der Waals surface area contributed by atoms with Gasteiger partial charge in [0.1, 0.15) is 0 Å². The van der Waals surface area contributed by atoms with Crippen LogP contribution in [0.1, 0.15) is 41.6 Å². The molecule has 0 aromatic heterocycles. The molecule has 1 heterocycles. The van der Waals surface area contributed by atoms with Crippen molar-refractivity contribution in [2.75, 3.05) is 25.4 Å². The van der Waals surface area contributed by atoms with Crippen LogP contribution in [-0.4, -0.2) is 36.4 Å². The van der Waals surface area contributed by atoms with Gasteiger partial charge in [-0.1, -0.05) is 0 Å². The standard InChI is InChI=1S/C17H25N3O/c18-14-6-9-20(10-7-14)8-5-12-1-2-13-11-15(19)3-4-16(13)17(12)21/h3-4,11-12,14H,1-2,5-10,18-19H2. The van der Waals surface area contributed by atoms with Gasteiger partial charge in [0.25, 0.3) is 0 Å². The first-order valence-electron chi connectivity index (χ1n) is 8.04. The van der Waals surface area contributed by atoms with Crippen LogP contribution in [0.2, 0.25) is 0 Å². The molecule has 0 radical (unpaired) electrons. The second-order valence-electron chi connectivity index (χ2n) is 6.48. The van der Waals surface area contributed by atoms with Gasteiger partial charge >= 0.3 is 0 Å². The molecule has 3 rings (SSSR count). The Balaban J connectivity index is 1.58. The van der Waals surface area contributed by atoms with Gasteiger partial charge in [-0.2, -0.15) is 0 Å². The summed E-state index contributed by atoms with van der Waals surface area (Å²) < 4.78 is 0. The van der Waals surface area contributed by atoms with E-state index < -0.39 is 0 Å². The number of benzene rings is 1. The second kappa shape index (κ2) is 6.16. The van der Waals surface area contributed by atoms with Gasteiger partial charge in [0.05, 0.1) is 0 Å². The van der Waals surface area contributed by atoms with Crippen molar-refractivity contribution in [1.82, 2.24) is 4.90 Å². The minimum Gasteiger partial charge on any atom is -0.399 e. The maximum Gasteiger partial charge on any atom is 0.166 e. The van der Waals surface area contributed by atoms with E-state index in [4.69, 9.17) is 11.5 Å². The highest BCUT2D eigenvalue weighted by molar-refractivity contribution is 6.00. The van der Waals surface area contributed by atoms with E-state index in [2.05, 4.69) is 4.90 Å². The van der Waals surface area contributed by atoms with Gasteiger partial charge in [-0.15, -0.1) is 0 Å². The smallest absolute Gasteiger partial charge is 0.166 e. The number of aryl methyl sites for hydroxylation is 1. The van der Waals surface area contributed by atoms with Crippen LogP contribution in [0.3, 0.4) is 0 Å². The van der Waals surface area contributed by atoms with Crippen molar-refractivity contribution < 1.29 is 4.79 Å². The summed E-state index contributed by atoms with van der Waals surface area (Å²) >= 11 is 0. The van der Waals surface area contributed by atoms with Crippen molar-refractivity contribution in [3.8, 4) is 0 Å². The predicted molar refractivity (Wildman–Crippen MR) is 85.3 cm³/mol. The summed E-state index contributed by atoms with van der Waals surface area (Å²) in [6.45, 7) is 3.18. The highest BCUT2D eigenvalue weighted by Gasteiger charge is 2.28. The summed E-state index contributed by atoms with van der Waals surface area (Å²) in [4.78, 5) is 15.0. The Hall–Kier alpha value is -1.39. The average Bonchev–Trinajstić information content (AvgIpc) is 2.48. The SMILES string of the molecule is Nc1ccc2c(c1)CCC(CCN1CCC(N)CC1)C2=O. The zero-order valence-electron chi connectivity index (χ0n) is 12.6. The highest BCUT2D eigenvalue weighted by Crippen LogP contribution is 2.29. The number of anilines is 1. The van der Waals surface area contributed by atoms with E-state index in [9.17, 15) is 4.79 Å². The van der Waals surface area contributed by atoms with Crippen LogP contribution in [0.15, 0.2) is 18.2 Å². The summed E-state index contributed by atoms with van der Waals surface area (Å²) in [5.41, 5.74) is 14.5. The molecule has 1 aromatic carbocycles. The fraction of sp³-hybridized carbons (Fsp3) is 0.588. The monoisotopic (exact) mass is 287 g/mol. The third-order valence-electron chi connectivity index (χ3n) is 4.95. The quantitative estimate of drug-likeness (QED) is 0.832. The third-order valence-corrected chi connectivity index (χ3v) is 4.95. The summed E-state index contributed by atoms with van der Waals surface area (Å²) in [6, 6.07) is 6.06. The Kier molecular flexibility index (Phi) is 4.27. The molecule has 1 saturated heterocycles. The van der Waals surface area contributed by atoms with Crippen LogP contribution < -0.4 is 11.5 Å². The minimum absolute atomic E-state index is 0.178. The van der Waals surface area contributed by atoms with Gasteiger partial charge in [0.15, 0.2) is 5.78 Å². The number of likely N-dealkylation sites (tertiary alicyclic amines) is 1. The molecule has 0 spiro atoms. The first kappa shape index (κ1) is 14.5. The summed E-state index contributed by atoms with van der Waals surface area (Å²) in [6.07, 6.45) is 5.07. The topological polar surface area (TPSA) is 72.3 Å². The van der Waals surface area contributed by atoms with Gasteiger partial charge in [0, 0.05) is 23.2 Å². The van der Waals surface area contributed by atoms with Crippen molar-refractivity contribution in [1.29, 1.82) is 0 Å². The molecule has 1 atom stereocenters. The van der Waals surface area contributed by atoms with Crippen LogP contribution in [0.4, 0.5) is 5.69 Å². The van der Waals surface area contributed by atoms with Gasteiger partial charge in [0.2, 0.25) is 0 Å². The van der Waals surface area contributed by atoms with E-state index in [1.165, 1.54) is 0 Å². The second-order valence-corrected chi connectivity index (χ2v) is 6.48. The van der Waals surface area contributed by atoms with Gasteiger partial charge < -0.3 is 16.4 Å². The molecule has 1 unspecified atom stereocenters. The van der Waals surface area contributed by atoms with Gasteiger partial charge in [-0.3, -0.25) is 4.79 Å². The van der Waals surface area contributed by atoms with Crippen LogP contribution in [0, 0.1) is 5.92 Å². The molecule has 1 aliphatic carbocycles. The number of nitrogen functional groups attached to an aromatic ring is 1. The molecule has 114 valence electrons. The number of ketones is 1. The van der Waals surface area contributed by atoms with Crippen molar-refractivity contribution >= 4 is 11.5 Å². The Morgan fingerprint density at radius 1 is 1.19 bits per heavy atom. The molecule has 0 bridgehead atoms. The zero-order valence-corrected chi connectivity index (χ0v) is 12.6. The lowest BCUT2D eigenvalue weighted by atomic mass is 9.81. The molecule has 4 nitrogen and oxygen atoms in total. The number of Topliss-reactive ketones (excluding diaryl/α,β-unsaturated/α-hetero) is 1. The van der Waals surface area contributed by atoms with E-state index in [0.717, 1.165) is 68.6 Å². The Bertz CT molecular complexity index is 521. The largest absolute Gasteiger partial charge is 0.399 e. The summed E-state index contributed by atoms with van der Waals surface area (Å²) in [5, 5.41) is 0. The van der Waals surface area contributed by atoms with Crippen molar-refractivity contribution in [2.24, 2.45) is 11.7 Å². The first-order valence-corrected chi connectivity index (χ1v) is 8.04. The normalized spacial score (nSPS) is 24.0. The number of carbonyl (C=O) groups excluding carboxylic acids is 1. The molecule has 4 heteroatoms. The van der Waals surface area contributed by atoms with Gasteiger partial charge in [-0.05, 0) is 75.5 Å². The van der Waals surface area contributed by atoms with Gasteiger partial charge in [-0.25, -0.2) is 0 Å². The fourth-order valence-corrected chi connectivity index (χ4v) is 3.53. The molecule has 21 heavy (non-hydrogen) atoms. The van der Waals surface area contributed by atoms with Crippen LogP contribution in [-0.2, 0) is 6.42 Å². The van der Waals surface area contributed by atoms with Crippen LogP contribution in [0.25, 0.3) is 0 Å². The van der Waals surface area contributed by atoms with Crippen LogP contribution >= 0.6 is 0 Å². The van der Waals surface area contributed by atoms with Crippen LogP contribution in [0.5, 0.6) is 0 Å². The molecule has 1 fully saturated rings. The molecule has 0 amide bonds. The number of hydrogen-bond donors (Lipinski definition) is 2. The molecular formula is C17H25N3O. The number of fused-ring (bicyclic) bond motifs is 1. The molecule has 4 N–H and O–H groups in total. The lowest BCUT2D eigenvalue weighted by Gasteiger charge is -2.32. The Morgan fingerprint density at radius 3 is 2.71 bits per heavy atom. The number of hydrogen-bond acceptors (Lipinski definition) is 4. The van der Waals surface area contributed by atoms with E-state index in [0.29, 0.717) is 11.8 Å². The van der Waals surface area contributed by atoms with E-state index >= 15 is 0 Å². The predicted octanol–water partition coefficient (Wildman–Crippen LogP) is 1.83. The molecular weight excluding hydrogens is 262 g/mol. The minimum atomic E-state index is 0.178. The molecule has 1 aromatic rings. The van der Waals surface area contributed by atoms with Crippen molar-refractivity contribution in [3.63, 3.8) is 0 Å². The molecule has 0 saturated carbocycles.